The summed E-state index contributed by atoms with van der Waals surface area (Å²) in [6.07, 6.45) is 8.65. The average Bonchev–Trinajstić information content (AvgIpc) is 3.10. The van der Waals surface area contributed by atoms with Gasteiger partial charge in [-0.1, -0.05) is 12.2 Å². The van der Waals surface area contributed by atoms with Gasteiger partial charge in [-0.2, -0.15) is 0 Å². The van der Waals surface area contributed by atoms with Gasteiger partial charge < -0.3 is 9.47 Å². The molecule has 1 aromatic heterocycles. The monoisotopic (exact) mass is 371 g/mol. The number of methoxy groups -OCH3 is 2. The quantitative estimate of drug-likeness (QED) is 0.756. The predicted octanol–water partition coefficient (Wildman–Crippen LogP) is 3.69. The third-order valence-electron chi connectivity index (χ3n) is 5.05. The summed E-state index contributed by atoms with van der Waals surface area (Å²) in [6.45, 7) is 5.72. The zero-order valence-corrected chi connectivity index (χ0v) is 16.3. The van der Waals surface area contributed by atoms with Gasteiger partial charge in [0.2, 0.25) is 5.95 Å². The second kappa shape index (κ2) is 5.81. The summed E-state index contributed by atoms with van der Waals surface area (Å²) in [6, 6.07) is 0. The van der Waals surface area contributed by atoms with Crippen molar-refractivity contribution in [3.05, 3.63) is 47.2 Å². The average molecular weight is 371 g/mol. The molecule has 0 saturated heterocycles. The van der Waals surface area contributed by atoms with Crippen LogP contribution in [0.1, 0.15) is 27.2 Å². The molecule has 2 aliphatic heterocycles. The van der Waals surface area contributed by atoms with Crippen LogP contribution in [-0.4, -0.2) is 34.4 Å². The first-order valence-electron chi connectivity index (χ1n) is 8.40. The maximum atomic E-state index is 11.8. The second-order valence-corrected chi connectivity index (χ2v) is 7.81. The van der Waals surface area contributed by atoms with Crippen LogP contribution in [0.3, 0.4) is 0 Å². The molecule has 6 nitrogen and oxygen atoms in total. The van der Waals surface area contributed by atoms with Crippen LogP contribution in [0.4, 0.5) is 5.95 Å². The lowest BCUT2D eigenvalue weighted by Gasteiger charge is -2.42. The van der Waals surface area contributed by atoms with Crippen molar-refractivity contribution in [2.24, 2.45) is 0 Å². The van der Waals surface area contributed by atoms with Gasteiger partial charge in [0.15, 0.2) is 11.0 Å². The summed E-state index contributed by atoms with van der Waals surface area (Å²) >= 11 is 1.19. The second-order valence-electron chi connectivity index (χ2n) is 6.62. The molecule has 1 aromatic rings. The maximum absolute atomic E-state index is 11.8. The van der Waals surface area contributed by atoms with E-state index in [-0.39, 0.29) is 5.12 Å². The largest absolute Gasteiger partial charge is 0.496 e. The molecule has 3 heterocycles. The van der Waals surface area contributed by atoms with Gasteiger partial charge >= 0.3 is 0 Å². The van der Waals surface area contributed by atoms with E-state index in [1.54, 1.807) is 27.3 Å². The van der Waals surface area contributed by atoms with Crippen molar-refractivity contribution >= 4 is 28.5 Å². The van der Waals surface area contributed by atoms with Crippen LogP contribution in [0, 0.1) is 0 Å². The fourth-order valence-corrected chi connectivity index (χ4v) is 4.98. The van der Waals surface area contributed by atoms with Gasteiger partial charge in [-0.3, -0.25) is 14.3 Å². The van der Waals surface area contributed by atoms with Gasteiger partial charge in [-0.15, -0.1) is 0 Å². The van der Waals surface area contributed by atoms with E-state index in [2.05, 4.69) is 34.4 Å². The number of fused-ring (bicyclic) bond motifs is 3. The molecule has 3 aliphatic rings. The lowest BCUT2D eigenvalue weighted by atomic mass is 9.78. The Balaban J connectivity index is 2.03. The van der Waals surface area contributed by atoms with Gasteiger partial charge in [-0.25, -0.2) is 4.98 Å². The zero-order valence-electron chi connectivity index (χ0n) is 15.5. The number of carbonyl (C=O) groups is 1. The highest BCUT2D eigenvalue weighted by Gasteiger charge is 2.54. The minimum absolute atomic E-state index is 0.0254. The van der Waals surface area contributed by atoms with Crippen LogP contribution in [0.5, 0.6) is 0 Å². The van der Waals surface area contributed by atoms with Gasteiger partial charge in [0, 0.05) is 18.9 Å². The fourth-order valence-electron chi connectivity index (χ4n) is 4.32. The fraction of sp³-hybridized carbons (Fsp3) is 0.368. The smallest absolute Gasteiger partial charge is 0.219 e. The van der Waals surface area contributed by atoms with E-state index in [0.717, 1.165) is 40.3 Å². The van der Waals surface area contributed by atoms with E-state index in [0.29, 0.717) is 0 Å². The van der Waals surface area contributed by atoms with Crippen LogP contribution < -0.4 is 4.90 Å². The van der Waals surface area contributed by atoms with Crippen LogP contribution in [0.2, 0.25) is 0 Å². The Bertz CT molecular complexity index is 938. The van der Waals surface area contributed by atoms with Crippen molar-refractivity contribution in [3.63, 3.8) is 0 Å². The topological polar surface area (TPSA) is 56.6 Å². The molecule has 0 amide bonds. The number of nitrogens with zero attached hydrogens (tertiary/aromatic N) is 3. The van der Waals surface area contributed by atoms with Crippen molar-refractivity contribution in [2.45, 2.75) is 37.8 Å². The normalized spacial score (nSPS) is 23.6. The first-order valence-corrected chi connectivity index (χ1v) is 9.22. The molecule has 7 heteroatoms. The Morgan fingerprint density at radius 1 is 1.31 bits per heavy atom. The summed E-state index contributed by atoms with van der Waals surface area (Å²) < 4.78 is 13.4. The van der Waals surface area contributed by atoms with Gasteiger partial charge in [0.25, 0.3) is 0 Å². The summed E-state index contributed by atoms with van der Waals surface area (Å²) in [5.41, 5.74) is 2.86. The molecule has 26 heavy (non-hydrogen) atoms. The lowest BCUT2D eigenvalue weighted by molar-refractivity contribution is -0.109. The Labute approximate surface area is 156 Å². The molecular formula is C19H21N3O3S. The third-order valence-corrected chi connectivity index (χ3v) is 5.84. The molecule has 0 N–H and O–H groups in total. The van der Waals surface area contributed by atoms with E-state index in [9.17, 15) is 4.79 Å². The van der Waals surface area contributed by atoms with Crippen molar-refractivity contribution < 1.29 is 14.3 Å². The minimum Gasteiger partial charge on any atom is -0.496 e. The minimum atomic E-state index is -0.425. The number of ether oxygens (including phenoxy) is 2. The molecule has 0 bridgehead atoms. The summed E-state index contributed by atoms with van der Waals surface area (Å²) in [5.74, 6) is 2.38. The molecule has 0 saturated carbocycles. The number of hydrogen-bond acceptors (Lipinski definition) is 6. The molecular weight excluding hydrogens is 350 g/mol. The van der Waals surface area contributed by atoms with E-state index in [1.165, 1.54) is 17.3 Å². The number of imidazole rings is 1. The number of anilines is 1. The highest BCUT2D eigenvalue weighted by molar-refractivity contribution is 8.13. The number of hydrogen-bond donors (Lipinski definition) is 0. The van der Waals surface area contributed by atoms with Gasteiger partial charge in [0.1, 0.15) is 16.3 Å². The first-order chi connectivity index (χ1) is 12.4. The highest BCUT2D eigenvalue weighted by atomic mass is 32.2. The maximum Gasteiger partial charge on any atom is 0.219 e. The lowest BCUT2D eigenvalue weighted by Crippen LogP contribution is -2.48. The van der Waals surface area contributed by atoms with E-state index in [1.807, 2.05) is 12.2 Å². The number of rotatable bonds is 3. The Hall–Kier alpha value is -2.41. The first kappa shape index (κ1) is 17.0. The van der Waals surface area contributed by atoms with Gasteiger partial charge in [-0.05, 0) is 37.3 Å². The zero-order chi connectivity index (χ0) is 18.6. The van der Waals surface area contributed by atoms with Crippen LogP contribution in [-0.2, 0) is 14.3 Å². The molecule has 1 unspecified atom stereocenters. The molecule has 136 valence electrons. The van der Waals surface area contributed by atoms with Crippen LogP contribution in [0.25, 0.3) is 5.70 Å². The van der Waals surface area contributed by atoms with Crippen molar-refractivity contribution in [1.82, 2.24) is 9.55 Å². The van der Waals surface area contributed by atoms with E-state index < -0.39 is 5.54 Å². The highest BCUT2D eigenvalue weighted by Crippen LogP contribution is 2.55. The SMILES string of the molecule is COC1=CC=CC23CC(C)=C(OC)C(C)=C2n2c(SC(C)=O)cnc2N13. The van der Waals surface area contributed by atoms with Crippen molar-refractivity contribution in [1.29, 1.82) is 0 Å². The Morgan fingerprint density at radius 2 is 2.08 bits per heavy atom. The van der Waals surface area contributed by atoms with Crippen LogP contribution in [0.15, 0.2) is 52.2 Å². The van der Waals surface area contributed by atoms with E-state index in [4.69, 9.17) is 9.47 Å². The molecule has 1 aliphatic carbocycles. The molecule has 1 spiro atoms. The molecule has 0 fully saturated rings. The third kappa shape index (κ3) is 2.06. The van der Waals surface area contributed by atoms with Crippen molar-refractivity contribution in [2.75, 3.05) is 19.1 Å². The van der Waals surface area contributed by atoms with Gasteiger partial charge in [0.05, 0.1) is 26.1 Å². The molecule has 4 rings (SSSR count). The number of thioether (sulfide) groups is 1. The molecule has 0 radical (unpaired) electrons. The summed E-state index contributed by atoms with van der Waals surface area (Å²) in [7, 11) is 3.36. The number of carbonyl (C=O) groups excluding carboxylic acids is 1. The molecule has 1 atom stereocenters. The Kier molecular flexibility index (Phi) is 3.80. The van der Waals surface area contributed by atoms with Crippen LogP contribution >= 0.6 is 11.8 Å². The standard InChI is InChI=1S/C19H21N3O3S/c1-11-9-19-8-6-7-14(24-4)22(19)18-20-10-15(26-13(3)23)21(18)17(19)12(2)16(11)25-5/h6-8,10H,9H2,1-5H3. The van der Waals surface area contributed by atoms with Crippen molar-refractivity contribution in [3.8, 4) is 0 Å². The molecule has 0 aromatic carbocycles. The predicted molar refractivity (Wildman–Crippen MR) is 101 cm³/mol. The summed E-state index contributed by atoms with van der Waals surface area (Å²) in [5, 5.41) is 0.826. The summed E-state index contributed by atoms with van der Waals surface area (Å²) in [4.78, 5) is 18.5. The number of allylic oxidation sites excluding steroid dienone is 3. The number of aromatic nitrogens is 2. The Morgan fingerprint density at radius 3 is 2.73 bits per heavy atom. The van der Waals surface area contributed by atoms with E-state index >= 15 is 0 Å².